The second-order valence-electron chi connectivity index (χ2n) is 7.30. The first kappa shape index (κ1) is 18.4. The van der Waals surface area contributed by atoms with E-state index >= 15 is 0 Å². The van der Waals surface area contributed by atoms with Crippen LogP contribution in [0.4, 0.5) is 0 Å². The van der Waals surface area contributed by atoms with E-state index < -0.39 is 5.54 Å². The molecule has 1 heterocycles. The van der Waals surface area contributed by atoms with E-state index in [-0.39, 0.29) is 17.5 Å². The van der Waals surface area contributed by atoms with E-state index in [1.54, 1.807) is 0 Å². The highest BCUT2D eigenvalue weighted by molar-refractivity contribution is 5.84. The van der Waals surface area contributed by atoms with Crippen molar-refractivity contribution in [2.45, 2.75) is 71.0 Å². The summed E-state index contributed by atoms with van der Waals surface area (Å²) in [7, 11) is 0. The molecule has 124 valence electrons. The van der Waals surface area contributed by atoms with Gasteiger partial charge in [0.1, 0.15) is 0 Å². The van der Waals surface area contributed by atoms with E-state index in [0.717, 1.165) is 45.6 Å². The number of hydrogen-bond acceptors (Lipinski definition) is 4. The fourth-order valence-electron chi connectivity index (χ4n) is 2.99. The van der Waals surface area contributed by atoms with Gasteiger partial charge in [0.15, 0.2) is 0 Å². The highest BCUT2D eigenvalue weighted by atomic mass is 16.5. The molecule has 1 aliphatic heterocycles. The lowest BCUT2D eigenvalue weighted by molar-refractivity contribution is -0.124. The maximum atomic E-state index is 11.7. The Morgan fingerprint density at radius 2 is 2.10 bits per heavy atom. The molecule has 1 aliphatic rings. The molecule has 0 spiro atoms. The summed E-state index contributed by atoms with van der Waals surface area (Å²) in [5.41, 5.74) is 5.07. The van der Waals surface area contributed by atoms with Crippen LogP contribution < -0.4 is 11.1 Å². The molecule has 5 nitrogen and oxygen atoms in total. The molecule has 0 aromatic rings. The first-order valence-corrected chi connectivity index (χ1v) is 8.08. The molecule has 1 fully saturated rings. The summed E-state index contributed by atoms with van der Waals surface area (Å²) in [5, 5.41) is 3.30. The highest BCUT2D eigenvalue weighted by Gasteiger charge is 2.32. The summed E-state index contributed by atoms with van der Waals surface area (Å²) in [5.74, 6) is -0.261. The van der Waals surface area contributed by atoms with Crippen LogP contribution in [0.5, 0.6) is 0 Å². The van der Waals surface area contributed by atoms with Crippen LogP contribution in [0.3, 0.4) is 0 Å². The number of hydrogen-bond donors (Lipinski definition) is 2. The third kappa shape index (κ3) is 5.57. The van der Waals surface area contributed by atoms with Gasteiger partial charge in [0.25, 0.3) is 0 Å². The van der Waals surface area contributed by atoms with E-state index in [9.17, 15) is 4.79 Å². The monoisotopic (exact) mass is 299 g/mol. The second-order valence-corrected chi connectivity index (χ2v) is 7.30. The molecule has 0 saturated carbocycles. The zero-order valence-electron chi connectivity index (χ0n) is 14.4. The molecule has 0 bridgehead atoms. The van der Waals surface area contributed by atoms with Gasteiger partial charge in [-0.25, -0.2) is 0 Å². The van der Waals surface area contributed by atoms with Gasteiger partial charge in [-0.05, 0) is 60.4 Å². The standard InChI is InChI=1S/C16H33N3O2/c1-13(2)18-16(5,14(17)20)8-6-7-9-19-10-11-21-12-15(19,3)4/h13,18H,6-12H2,1-5H3,(H2,17,20). The molecule has 1 saturated heterocycles. The number of carbonyl (C=O) groups is 1. The Kier molecular flexibility index (Phi) is 6.63. The number of rotatable bonds is 8. The average molecular weight is 299 g/mol. The predicted molar refractivity (Wildman–Crippen MR) is 86.2 cm³/mol. The number of ether oxygens (including phenoxy) is 1. The number of nitrogens with one attached hydrogen (secondary N) is 1. The van der Waals surface area contributed by atoms with Gasteiger partial charge < -0.3 is 15.8 Å². The zero-order valence-corrected chi connectivity index (χ0v) is 14.4. The Hall–Kier alpha value is -0.650. The average Bonchev–Trinajstić information content (AvgIpc) is 2.34. The molecule has 0 aromatic heterocycles. The number of nitrogens with zero attached hydrogens (tertiary/aromatic N) is 1. The lowest BCUT2D eigenvalue weighted by atomic mass is 9.92. The van der Waals surface area contributed by atoms with Crippen molar-refractivity contribution in [1.29, 1.82) is 0 Å². The van der Waals surface area contributed by atoms with Gasteiger partial charge in [0, 0.05) is 18.1 Å². The van der Waals surface area contributed by atoms with Crippen LogP contribution in [-0.4, -0.2) is 54.2 Å². The van der Waals surface area contributed by atoms with Gasteiger partial charge in [-0.3, -0.25) is 9.69 Å². The van der Waals surface area contributed by atoms with E-state index in [2.05, 4.69) is 24.1 Å². The van der Waals surface area contributed by atoms with Crippen molar-refractivity contribution >= 4 is 5.91 Å². The molecule has 1 amide bonds. The van der Waals surface area contributed by atoms with Crippen molar-refractivity contribution < 1.29 is 9.53 Å². The van der Waals surface area contributed by atoms with Gasteiger partial charge in [-0.1, -0.05) is 0 Å². The van der Waals surface area contributed by atoms with Crippen molar-refractivity contribution in [3.8, 4) is 0 Å². The minimum atomic E-state index is -0.602. The molecule has 1 atom stereocenters. The van der Waals surface area contributed by atoms with Crippen molar-refractivity contribution in [2.75, 3.05) is 26.3 Å². The summed E-state index contributed by atoms with van der Waals surface area (Å²) in [6.07, 6.45) is 2.85. The molecule has 1 unspecified atom stereocenters. The molecule has 0 radical (unpaired) electrons. The van der Waals surface area contributed by atoms with Crippen LogP contribution in [-0.2, 0) is 9.53 Å². The normalized spacial score (nSPS) is 22.2. The summed E-state index contributed by atoms with van der Waals surface area (Å²) in [4.78, 5) is 14.2. The molecule has 1 rings (SSSR count). The second kappa shape index (κ2) is 7.56. The number of amides is 1. The molecular weight excluding hydrogens is 266 g/mol. The zero-order chi connectivity index (χ0) is 16.1. The Morgan fingerprint density at radius 3 is 2.62 bits per heavy atom. The maximum absolute atomic E-state index is 11.7. The topological polar surface area (TPSA) is 67.6 Å². The van der Waals surface area contributed by atoms with E-state index in [1.807, 2.05) is 20.8 Å². The summed E-state index contributed by atoms with van der Waals surface area (Å²) in [6, 6.07) is 0.251. The Bertz CT molecular complexity index is 344. The minimum absolute atomic E-state index is 0.113. The quantitative estimate of drug-likeness (QED) is 0.667. The van der Waals surface area contributed by atoms with Gasteiger partial charge in [0.2, 0.25) is 5.91 Å². The lowest BCUT2D eigenvalue weighted by Gasteiger charge is -2.42. The van der Waals surface area contributed by atoms with Crippen LogP contribution >= 0.6 is 0 Å². The van der Waals surface area contributed by atoms with Gasteiger partial charge in [-0.15, -0.1) is 0 Å². The Labute approximate surface area is 129 Å². The number of unbranched alkanes of at least 4 members (excludes halogenated alkanes) is 1. The minimum Gasteiger partial charge on any atom is -0.378 e. The fourth-order valence-corrected chi connectivity index (χ4v) is 2.99. The highest BCUT2D eigenvalue weighted by Crippen LogP contribution is 2.21. The molecule has 21 heavy (non-hydrogen) atoms. The van der Waals surface area contributed by atoms with E-state index in [4.69, 9.17) is 10.5 Å². The Morgan fingerprint density at radius 1 is 1.43 bits per heavy atom. The molecule has 3 N–H and O–H groups in total. The summed E-state index contributed by atoms with van der Waals surface area (Å²) in [6.45, 7) is 14.1. The maximum Gasteiger partial charge on any atom is 0.237 e. The van der Waals surface area contributed by atoms with Crippen LogP contribution in [0.15, 0.2) is 0 Å². The number of nitrogens with two attached hydrogens (primary N) is 1. The van der Waals surface area contributed by atoms with Crippen molar-refractivity contribution in [1.82, 2.24) is 10.2 Å². The van der Waals surface area contributed by atoms with Gasteiger partial charge >= 0.3 is 0 Å². The van der Waals surface area contributed by atoms with Crippen molar-refractivity contribution in [3.63, 3.8) is 0 Å². The van der Waals surface area contributed by atoms with Crippen LogP contribution in [0, 0.1) is 0 Å². The van der Waals surface area contributed by atoms with Crippen LogP contribution in [0.25, 0.3) is 0 Å². The smallest absolute Gasteiger partial charge is 0.237 e. The van der Waals surface area contributed by atoms with Gasteiger partial charge in [0.05, 0.1) is 18.8 Å². The predicted octanol–water partition coefficient (Wildman–Crippen LogP) is 1.51. The largest absolute Gasteiger partial charge is 0.378 e. The van der Waals surface area contributed by atoms with E-state index in [0.29, 0.717) is 0 Å². The van der Waals surface area contributed by atoms with Crippen molar-refractivity contribution in [3.05, 3.63) is 0 Å². The molecular formula is C16H33N3O2. The first-order valence-electron chi connectivity index (χ1n) is 8.08. The molecule has 5 heteroatoms. The fraction of sp³-hybridized carbons (Fsp3) is 0.938. The molecule has 0 aromatic carbocycles. The third-order valence-corrected chi connectivity index (χ3v) is 4.32. The van der Waals surface area contributed by atoms with E-state index in [1.165, 1.54) is 0 Å². The summed E-state index contributed by atoms with van der Waals surface area (Å²) >= 11 is 0. The molecule has 0 aliphatic carbocycles. The summed E-state index contributed by atoms with van der Waals surface area (Å²) < 4.78 is 5.54. The van der Waals surface area contributed by atoms with Crippen LogP contribution in [0.1, 0.15) is 53.9 Å². The van der Waals surface area contributed by atoms with Crippen molar-refractivity contribution in [2.24, 2.45) is 5.73 Å². The number of primary amides is 1. The van der Waals surface area contributed by atoms with Crippen LogP contribution in [0.2, 0.25) is 0 Å². The third-order valence-electron chi connectivity index (χ3n) is 4.32. The lowest BCUT2D eigenvalue weighted by Crippen LogP contribution is -2.55. The number of carbonyl (C=O) groups excluding carboxylic acids is 1. The first-order chi connectivity index (χ1) is 9.67. The number of morpholine rings is 1. The SMILES string of the molecule is CC(C)NC(C)(CCCCN1CCOCC1(C)C)C(N)=O. The Balaban J connectivity index is 2.39. The van der Waals surface area contributed by atoms with Gasteiger partial charge in [-0.2, -0.15) is 0 Å².